The minimum Gasteiger partial charge on any atom is -0.495 e. The Kier molecular flexibility index (Phi) is 5.00. The first kappa shape index (κ1) is 18.7. The number of hydrogen-bond acceptors (Lipinski definition) is 3. The van der Waals surface area contributed by atoms with E-state index >= 15 is 0 Å². The molecule has 4 aromatic rings. The molecule has 0 atom stereocenters. The van der Waals surface area contributed by atoms with Gasteiger partial charge in [-0.15, -0.1) is 0 Å². The van der Waals surface area contributed by atoms with Crippen molar-refractivity contribution < 1.29 is 9.53 Å². The zero-order valence-corrected chi connectivity index (χ0v) is 16.7. The molecular formula is C25H22N2O2. The number of amides is 1. The maximum Gasteiger partial charge on any atom is 0.256 e. The lowest BCUT2D eigenvalue weighted by atomic mass is 10.0. The van der Waals surface area contributed by atoms with E-state index < -0.39 is 0 Å². The fourth-order valence-electron chi connectivity index (χ4n) is 3.47. The number of fused-ring (bicyclic) bond motifs is 1. The number of nitrogens with zero attached hydrogens (tertiary/aromatic N) is 1. The molecule has 144 valence electrons. The summed E-state index contributed by atoms with van der Waals surface area (Å²) in [6, 6.07) is 23.3. The van der Waals surface area contributed by atoms with E-state index in [2.05, 4.69) is 5.32 Å². The number of methoxy groups -OCH3 is 1. The predicted molar refractivity (Wildman–Crippen MR) is 118 cm³/mol. The van der Waals surface area contributed by atoms with Crippen LogP contribution in [0.3, 0.4) is 0 Å². The topological polar surface area (TPSA) is 51.2 Å². The van der Waals surface area contributed by atoms with Crippen LogP contribution in [0.1, 0.15) is 21.5 Å². The Morgan fingerprint density at radius 2 is 1.69 bits per heavy atom. The van der Waals surface area contributed by atoms with Crippen LogP contribution in [0.25, 0.3) is 22.2 Å². The minimum absolute atomic E-state index is 0.192. The first-order valence-electron chi connectivity index (χ1n) is 9.48. The lowest BCUT2D eigenvalue weighted by Crippen LogP contribution is -2.14. The molecule has 0 saturated heterocycles. The van der Waals surface area contributed by atoms with Gasteiger partial charge in [0.1, 0.15) is 5.75 Å². The first-order valence-corrected chi connectivity index (χ1v) is 9.48. The van der Waals surface area contributed by atoms with E-state index in [0.717, 1.165) is 33.3 Å². The van der Waals surface area contributed by atoms with Gasteiger partial charge in [-0.2, -0.15) is 0 Å². The molecule has 1 aromatic heterocycles. The van der Waals surface area contributed by atoms with Crippen molar-refractivity contribution in [3.8, 4) is 17.0 Å². The number of rotatable bonds is 4. The fourth-order valence-corrected chi connectivity index (χ4v) is 3.47. The summed E-state index contributed by atoms with van der Waals surface area (Å²) >= 11 is 0. The SMILES string of the molecule is COc1ccc(C)cc1NC(=O)c1cc(-c2ccccc2C)nc2ccccc12. The van der Waals surface area contributed by atoms with E-state index in [0.29, 0.717) is 17.0 Å². The summed E-state index contributed by atoms with van der Waals surface area (Å²) in [5.74, 6) is 0.434. The van der Waals surface area contributed by atoms with Gasteiger partial charge in [-0.05, 0) is 49.2 Å². The number of anilines is 1. The number of carbonyl (C=O) groups excluding carboxylic acids is 1. The summed E-state index contributed by atoms with van der Waals surface area (Å²) in [4.78, 5) is 18.1. The van der Waals surface area contributed by atoms with Crippen molar-refractivity contribution in [1.29, 1.82) is 0 Å². The Morgan fingerprint density at radius 3 is 2.48 bits per heavy atom. The van der Waals surface area contributed by atoms with Crippen LogP contribution in [0, 0.1) is 13.8 Å². The summed E-state index contributed by atoms with van der Waals surface area (Å²) in [7, 11) is 1.60. The molecule has 1 amide bonds. The van der Waals surface area contributed by atoms with Crippen LogP contribution in [0.4, 0.5) is 5.69 Å². The third kappa shape index (κ3) is 3.69. The van der Waals surface area contributed by atoms with Crippen LogP contribution < -0.4 is 10.1 Å². The summed E-state index contributed by atoms with van der Waals surface area (Å²) < 4.78 is 5.41. The standard InChI is InChI=1S/C25H22N2O2/c1-16-12-13-24(29-3)23(14-16)27-25(28)20-15-22(18-9-5-4-8-17(18)2)26-21-11-7-6-10-19(20)21/h4-15H,1-3H3,(H,27,28). The van der Waals surface area contributed by atoms with Crippen molar-refractivity contribution in [3.05, 3.63) is 89.5 Å². The molecule has 0 aliphatic carbocycles. The van der Waals surface area contributed by atoms with E-state index in [4.69, 9.17) is 9.72 Å². The summed E-state index contributed by atoms with van der Waals surface area (Å²) in [5, 5.41) is 3.83. The highest BCUT2D eigenvalue weighted by atomic mass is 16.5. The number of aromatic nitrogens is 1. The monoisotopic (exact) mass is 382 g/mol. The van der Waals surface area contributed by atoms with E-state index in [-0.39, 0.29) is 5.91 Å². The molecule has 4 rings (SSSR count). The largest absolute Gasteiger partial charge is 0.495 e. The van der Waals surface area contributed by atoms with Gasteiger partial charge in [-0.1, -0.05) is 48.5 Å². The number of nitrogens with one attached hydrogen (secondary N) is 1. The number of ether oxygens (including phenoxy) is 1. The Morgan fingerprint density at radius 1 is 0.931 bits per heavy atom. The lowest BCUT2D eigenvalue weighted by Gasteiger charge is -2.14. The van der Waals surface area contributed by atoms with Gasteiger partial charge in [0.05, 0.1) is 29.6 Å². The van der Waals surface area contributed by atoms with Gasteiger partial charge in [0, 0.05) is 10.9 Å². The van der Waals surface area contributed by atoms with Crippen molar-refractivity contribution in [2.75, 3.05) is 12.4 Å². The smallest absolute Gasteiger partial charge is 0.256 e. The highest BCUT2D eigenvalue weighted by Gasteiger charge is 2.16. The lowest BCUT2D eigenvalue weighted by molar-refractivity contribution is 0.102. The van der Waals surface area contributed by atoms with Crippen LogP contribution >= 0.6 is 0 Å². The minimum atomic E-state index is -0.192. The maximum atomic E-state index is 13.3. The normalized spacial score (nSPS) is 10.7. The molecule has 29 heavy (non-hydrogen) atoms. The molecule has 0 saturated carbocycles. The summed E-state index contributed by atoms with van der Waals surface area (Å²) in [6.07, 6.45) is 0. The Bertz CT molecular complexity index is 1210. The van der Waals surface area contributed by atoms with Crippen molar-refractivity contribution in [2.24, 2.45) is 0 Å². The molecule has 0 unspecified atom stereocenters. The van der Waals surface area contributed by atoms with Gasteiger partial charge in [0.2, 0.25) is 0 Å². The quantitative estimate of drug-likeness (QED) is 0.487. The number of hydrogen-bond donors (Lipinski definition) is 1. The van der Waals surface area contributed by atoms with Crippen molar-refractivity contribution >= 4 is 22.5 Å². The molecule has 0 aliphatic rings. The maximum absolute atomic E-state index is 13.3. The first-order chi connectivity index (χ1) is 14.1. The molecule has 0 spiro atoms. The van der Waals surface area contributed by atoms with Crippen LogP contribution in [-0.2, 0) is 0 Å². The molecule has 0 fully saturated rings. The second-order valence-electron chi connectivity index (χ2n) is 7.04. The van der Waals surface area contributed by atoms with Crippen LogP contribution in [0.5, 0.6) is 5.75 Å². The molecular weight excluding hydrogens is 360 g/mol. The third-order valence-corrected chi connectivity index (χ3v) is 4.99. The summed E-state index contributed by atoms with van der Waals surface area (Å²) in [6.45, 7) is 4.02. The average molecular weight is 382 g/mol. The van der Waals surface area contributed by atoms with E-state index in [1.54, 1.807) is 7.11 Å². The Labute approximate surface area is 170 Å². The van der Waals surface area contributed by atoms with E-state index in [1.165, 1.54) is 0 Å². The zero-order valence-electron chi connectivity index (χ0n) is 16.7. The van der Waals surface area contributed by atoms with E-state index in [9.17, 15) is 4.79 Å². The highest BCUT2D eigenvalue weighted by Crippen LogP contribution is 2.29. The number of carbonyl (C=O) groups is 1. The van der Waals surface area contributed by atoms with Crippen LogP contribution in [-0.4, -0.2) is 18.0 Å². The van der Waals surface area contributed by atoms with Gasteiger partial charge >= 0.3 is 0 Å². The van der Waals surface area contributed by atoms with Crippen LogP contribution in [0.2, 0.25) is 0 Å². The van der Waals surface area contributed by atoms with Crippen molar-refractivity contribution in [1.82, 2.24) is 4.98 Å². The van der Waals surface area contributed by atoms with Gasteiger partial charge in [-0.3, -0.25) is 4.79 Å². The fraction of sp³-hybridized carbons (Fsp3) is 0.120. The second kappa shape index (κ2) is 7.76. The number of para-hydroxylation sites is 1. The molecule has 0 aliphatic heterocycles. The molecule has 0 bridgehead atoms. The highest BCUT2D eigenvalue weighted by molar-refractivity contribution is 6.13. The Balaban J connectivity index is 1.83. The molecule has 4 heteroatoms. The van der Waals surface area contributed by atoms with Gasteiger partial charge in [0.25, 0.3) is 5.91 Å². The van der Waals surface area contributed by atoms with Gasteiger partial charge < -0.3 is 10.1 Å². The molecule has 3 aromatic carbocycles. The van der Waals surface area contributed by atoms with Crippen LogP contribution in [0.15, 0.2) is 72.8 Å². The number of benzene rings is 3. The van der Waals surface area contributed by atoms with Crippen molar-refractivity contribution in [2.45, 2.75) is 13.8 Å². The second-order valence-corrected chi connectivity index (χ2v) is 7.04. The average Bonchev–Trinajstić information content (AvgIpc) is 2.73. The third-order valence-electron chi connectivity index (χ3n) is 4.99. The predicted octanol–water partition coefficient (Wildman–Crippen LogP) is 5.78. The summed E-state index contributed by atoms with van der Waals surface area (Å²) in [5.41, 5.74) is 5.97. The van der Waals surface area contributed by atoms with Crippen molar-refractivity contribution in [3.63, 3.8) is 0 Å². The number of pyridine rings is 1. The zero-order chi connectivity index (χ0) is 20.4. The molecule has 4 nitrogen and oxygen atoms in total. The van der Waals surface area contributed by atoms with E-state index in [1.807, 2.05) is 86.6 Å². The molecule has 1 heterocycles. The van der Waals surface area contributed by atoms with Gasteiger partial charge in [-0.25, -0.2) is 4.98 Å². The Hall–Kier alpha value is -3.66. The molecule has 1 N–H and O–H groups in total. The number of aryl methyl sites for hydroxylation is 2. The van der Waals surface area contributed by atoms with Gasteiger partial charge in [0.15, 0.2) is 0 Å². The molecule has 0 radical (unpaired) electrons.